The van der Waals surface area contributed by atoms with Crippen LogP contribution in [0.4, 0.5) is 0 Å². The zero-order valence-electron chi connectivity index (χ0n) is 30.8. The van der Waals surface area contributed by atoms with Crippen LogP contribution >= 0.6 is 0 Å². The van der Waals surface area contributed by atoms with Crippen molar-refractivity contribution >= 4 is 85.5 Å². The average Bonchev–Trinajstić information content (AvgIpc) is 3.60. The molecule has 0 radical (unpaired) electrons. The van der Waals surface area contributed by atoms with Crippen molar-refractivity contribution in [2.45, 2.75) is 0 Å². The van der Waals surface area contributed by atoms with E-state index in [9.17, 15) is 0 Å². The Balaban J connectivity index is 1.08. The van der Waals surface area contributed by atoms with Gasteiger partial charge in [0, 0.05) is 0 Å². The van der Waals surface area contributed by atoms with Gasteiger partial charge in [0.1, 0.15) is 0 Å². The number of fused-ring (bicyclic) bond motifs is 6. The summed E-state index contributed by atoms with van der Waals surface area (Å²) in [7, 11) is 0. The molecule has 1 heterocycles. The van der Waals surface area contributed by atoms with Crippen molar-refractivity contribution in [1.82, 2.24) is 4.57 Å². The standard InChI is InChI=1S/C38H24N.C10H7.C6H5.In/c1-2-12-26(13-3-1)37-31-16-4-6-18-33(31)38(34-19-7-5-17-32(34)37)27-22-24-28(25-23-27)39-35-20-10-8-14-29(35)30-15-9-11-21-36(30)39;1-2-6-10-8-4-3-7-9(10)5-1;1-2-4-6-5-3-1;/h1-8,10-25H;1-7H;1-5H;. The molecule has 0 aliphatic carbocycles. The number of para-hydroxylation sites is 1. The maximum absolute atomic E-state index is 2.81. The number of aromatic nitrogens is 1. The molecule has 0 atom stereocenters. The van der Waals surface area contributed by atoms with Crippen LogP contribution in [-0.2, 0) is 0 Å². The van der Waals surface area contributed by atoms with Crippen LogP contribution in [0, 0.1) is 0 Å². The van der Waals surface area contributed by atoms with E-state index in [1.807, 2.05) is 0 Å². The third kappa shape index (κ3) is 5.39. The number of hydrogen-bond acceptors (Lipinski definition) is 0. The number of rotatable bonds is 6. The Morgan fingerprint density at radius 2 is 0.804 bits per heavy atom. The molecule has 0 amide bonds. The zero-order chi connectivity index (χ0) is 37.0. The molecule has 2 heteroatoms. The molecule has 0 spiro atoms. The predicted octanol–water partition coefficient (Wildman–Crippen LogP) is 12.1. The summed E-state index contributed by atoms with van der Waals surface area (Å²) >= 11 is -2.81. The Hall–Kier alpha value is -6.35. The number of nitrogens with zero attached hydrogens (tertiary/aromatic N) is 1. The van der Waals surface area contributed by atoms with Gasteiger partial charge in [0.15, 0.2) is 0 Å². The van der Waals surface area contributed by atoms with Gasteiger partial charge in [-0.05, 0) is 11.1 Å². The molecule has 0 aliphatic rings. The second-order valence-electron chi connectivity index (χ2n) is 14.8. The minimum absolute atomic E-state index is 1.17. The molecule has 10 aromatic carbocycles. The average molecular weight is 814 g/mol. The molecule has 0 N–H and O–H groups in total. The van der Waals surface area contributed by atoms with E-state index in [1.165, 1.54) is 92.0 Å². The zero-order valence-corrected chi connectivity index (χ0v) is 34.1. The summed E-state index contributed by atoms with van der Waals surface area (Å²) in [6, 6.07) is 81.2. The fraction of sp³-hybridized carbons (Fsp3) is 0. The Labute approximate surface area is 334 Å². The van der Waals surface area contributed by atoms with Crippen molar-refractivity contribution in [3.8, 4) is 27.9 Å². The molecule has 1 aromatic heterocycles. The van der Waals surface area contributed by atoms with Crippen LogP contribution in [0.25, 0.3) is 82.1 Å². The molecular formula is C54H36InN. The van der Waals surface area contributed by atoms with Crippen LogP contribution < -0.4 is 9.96 Å². The predicted molar refractivity (Wildman–Crippen MR) is 242 cm³/mol. The summed E-state index contributed by atoms with van der Waals surface area (Å²) in [6.07, 6.45) is 0. The van der Waals surface area contributed by atoms with Gasteiger partial charge in [-0.2, -0.15) is 0 Å². The van der Waals surface area contributed by atoms with E-state index in [-0.39, 0.29) is 0 Å². The Kier molecular flexibility index (Phi) is 8.11. The summed E-state index contributed by atoms with van der Waals surface area (Å²) in [5.41, 5.74) is 8.67. The molecule has 56 heavy (non-hydrogen) atoms. The molecule has 0 unspecified atom stereocenters. The fourth-order valence-electron chi connectivity index (χ4n) is 9.28. The maximum atomic E-state index is 2.53. The van der Waals surface area contributed by atoms with Crippen LogP contribution in [-0.4, -0.2) is 26.0 Å². The van der Waals surface area contributed by atoms with Crippen molar-refractivity contribution in [2.24, 2.45) is 0 Å². The smallest absolute Gasteiger partial charge is 0.0617 e. The first-order valence-corrected chi connectivity index (χ1v) is 24.4. The van der Waals surface area contributed by atoms with E-state index in [1.54, 1.807) is 0 Å². The normalized spacial score (nSPS) is 11.6. The van der Waals surface area contributed by atoms with E-state index in [2.05, 4.69) is 223 Å². The topological polar surface area (TPSA) is 4.93 Å². The van der Waals surface area contributed by atoms with Crippen LogP contribution in [0.5, 0.6) is 0 Å². The number of benzene rings is 10. The quantitative estimate of drug-likeness (QED) is 0.147. The molecule has 1 nitrogen and oxygen atoms in total. The Morgan fingerprint density at radius 1 is 0.304 bits per heavy atom. The summed E-state index contributed by atoms with van der Waals surface area (Å²) in [5, 5.41) is 10.4. The minimum Gasteiger partial charge on any atom is -0.0617 e. The molecule has 0 saturated carbocycles. The Bertz CT molecular complexity index is 3170. The molecule has 11 aromatic rings. The Morgan fingerprint density at radius 3 is 1.46 bits per heavy atom. The molecule has 0 bridgehead atoms. The first kappa shape index (κ1) is 33.0. The van der Waals surface area contributed by atoms with Gasteiger partial charge in [-0.1, -0.05) is 66.7 Å². The first-order chi connectivity index (χ1) is 27.8. The molecular weight excluding hydrogens is 777 g/mol. The summed E-state index contributed by atoms with van der Waals surface area (Å²) in [4.78, 5) is 0. The molecule has 0 saturated heterocycles. The van der Waals surface area contributed by atoms with Crippen LogP contribution in [0.15, 0.2) is 218 Å². The molecule has 0 aliphatic heterocycles. The van der Waals surface area contributed by atoms with E-state index in [0.29, 0.717) is 0 Å². The molecule has 260 valence electrons. The van der Waals surface area contributed by atoms with Gasteiger partial charge in [0.25, 0.3) is 0 Å². The minimum atomic E-state index is -2.81. The van der Waals surface area contributed by atoms with Crippen molar-refractivity contribution < 1.29 is 0 Å². The first-order valence-electron chi connectivity index (χ1n) is 19.5. The van der Waals surface area contributed by atoms with Gasteiger partial charge in [-0.15, -0.1) is 0 Å². The van der Waals surface area contributed by atoms with Gasteiger partial charge in [0.05, 0.1) is 0 Å². The van der Waals surface area contributed by atoms with Gasteiger partial charge < -0.3 is 0 Å². The van der Waals surface area contributed by atoms with Crippen molar-refractivity contribution in [1.29, 1.82) is 0 Å². The van der Waals surface area contributed by atoms with E-state index >= 15 is 0 Å². The van der Waals surface area contributed by atoms with Gasteiger partial charge >= 0.3 is 259 Å². The van der Waals surface area contributed by atoms with Gasteiger partial charge in [-0.25, -0.2) is 0 Å². The van der Waals surface area contributed by atoms with Crippen LogP contribution in [0.3, 0.4) is 0 Å². The van der Waals surface area contributed by atoms with Crippen LogP contribution in [0.1, 0.15) is 0 Å². The summed E-state index contributed by atoms with van der Waals surface area (Å²) in [5.74, 6) is 0. The van der Waals surface area contributed by atoms with E-state index in [0.717, 1.165) is 0 Å². The summed E-state index contributed by atoms with van der Waals surface area (Å²) in [6.45, 7) is 0. The third-order valence-electron chi connectivity index (χ3n) is 11.7. The van der Waals surface area contributed by atoms with E-state index in [4.69, 9.17) is 0 Å². The second kappa shape index (κ2) is 13.7. The molecule has 11 rings (SSSR count). The van der Waals surface area contributed by atoms with Crippen molar-refractivity contribution in [2.75, 3.05) is 0 Å². The fourth-order valence-corrected chi connectivity index (χ4v) is 18.4. The monoisotopic (exact) mass is 813 g/mol. The second-order valence-corrected chi connectivity index (χ2v) is 22.8. The third-order valence-corrected chi connectivity index (χ3v) is 20.8. The van der Waals surface area contributed by atoms with E-state index < -0.39 is 21.4 Å². The van der Waals surface area contributed by atoms with Crippen LogP contribution in [0.2, 0.25) is 0 Å². The summed E-state index contributed by atoms with van der Waals surface area (Å²) < 4.78 is 6.99. The van der Waals surface area contributed by atoms with Gasteiger partial charge in [0.2, 0.25) is 0 Å². The SMILES string of the molecule is c1ccc(-c2c3ccccc3c(-c3ccc(-n4c5ccccc5c5c[c]([In]([c]6ccccc6)[c]6cccc7ccccc67)ccc54)cc3)c3ccccc23)cc1. The van der Waals surface area contributed by atoms with Crippen molar-refractivity contribution in [3.05, 3.63) is 218 Å². The van der Waals surface area contributed by atoms with Crippen molar-refractivity contribution in [3.63, 3.8) is 0 Å². The van der Waals surface area contributed by atoms with Gasteiger partial charge in [-0.3, -0.25) is 0 Å². The number of hydrogen-bond donors (Lipinski definition) is 0. The molecule has 0 fully saturated rings.